The summed E-state index contributed by atoms with van der Waals surface area (Å²) in [6, 6.07) is 38.7. The second-order valence-electron chi connectivity index (χ2n) is 9.95. The molecule has 5 rings (SSSR count). The maximum Gasteiger partial charge on any atom is 0.192 e. The van der Waals surface area contributed by atoms with Gasteiger partial charge >= 0.3 is 0 Å². The Morgan fingerprint density at radius 2 is 1.19 bits per heavy atom. The number of rotatable bonds is 10. The highest BCUT2D eigenvalue weighted by Crippen LogP contribution is 2.47. The summed E-state index contributed by atoms with van der Waals surface area (Å²) in [6.45, 7) is -2.09. The first-order chi connectivity index (χ1) is 20.5. The lowest BCUT2D eigenvalue weighted by atomic mass is 10.1. The van der Waals surface area contributed by atoms with Crippen LogP contribution in [0.1, 0.15) is 19.3 Å². The van der Waals surface area contributed by atoms with Crippen molar-refractivity contribution in [2.24, 2.45) is 0 Å². The summed E-state index contributed by atoms with van der Waals surface area (Å²) in [5, 5.41) is 11.7. The summed E-state index contributed by atoms with van der Waals surface area (Å²) in [7, 11) is -4.18. The van der Waals surface area contributed by atoms with Gasteiger partial charge in [0.1, 0.15) is 16.6 Å². The molecule has 214 valence electrons. The Balaban J connectivity index is 1.79. The molecule has 0 saturated carbocycles. The molecule has 4 aromatic rings. The molecule has 1 atom stereocenters. The maximum absolute atomic E-state index is 14.8. The van der Waals surface area contributed by atoms with Crippen LogP contribution in [0.2, 0.25) is 0 Å². The monoisotopic (exact) mass is 597 g/mol. The first-order valence-electron chi connectivity index (χ1n) is 13.9. The SMILES string of the molecule is N#CC(C(=O)C(CCC1OCCCO1)S(=O)(=O)c1ccccc1)=P(c1ccccc1)(c1ccccc1)c1ccccc1. The second-order valence-corrected chi connectivity index (χ2v) is 15.4. The van der Waals surface area contributed by atoms with Gasteiger partial charge in [-0.05, 0) is 47.8 Å². The van der Waals surface area contributed by atoms with Gasteiger partial charge in [-0.3, -0.25) is 4.79 Å². The maximum atomic E-state index is 14.8. The van der Waals surface area contributed by atoms with Gasteiger partial charge in [0, 0.05) is 6.42 Å². The van der Waals surface area contributed by atoms with E-state index >= 15 is 0 Å². The molecule has 6 nitrogen and oxygen atoms in total. The van der Waals surface area contributed by atoms with E-state index in [1.807, 2.05) is 91.0 Å². The van der Waals surface area contributed by atoms with Gasteiger partial charge in [-0.25, -0.2) is 8.42 Å². The van der Waals surface area contributed by atoms with Crippen molar-refractivity contribution in [1.29, 1.82) is 5.26 Å². The van der Waals surface area contributed by atoms with Crippen LogP contribution in [-0.4, -0.2) is 44.2 Å². The minimum absolute atomic E-state index is 0.0363. The standard InChI is InChI=1S/C34H32NO5PS/c35-26-31(34(36)32(22-23-33-39-24-13-25-40-33)42(37,38)30-20-11-4-12-21-30)41(27-14-5-1-6-15-27,28-16-7-2-8-17-28)29-18-9-3-10-19-29/h1-12,14-21,32-33H,13,22-25H2. The quantitative estimate of drug-likeness (QED) is 0.248. The van der Waals surface area contributed by atoms with E-state index < -0.39 is 34.0 Å². The van der Waals surface area contributed by atoms with Crippen LogP contribution in [0.5, 0.6) is 0 Å². The number of Topliss-reactive ketones (excluding diaryl/α,β-unsaturated/α-hetero) is 1. The van der Waals surface area contributed by atoms with Gasteiger partial charge in [0.2, 0.25) is 0 Å². The molecule has 1 aliphatic rings. The number of benzene rings is 4. The molecule has 42 heavy (non-hydrogen) atoms. The minimum Gasteiger partial charge on any atom is -0.353 e. The topological polar surface area (TPSA) is 93.5 Å². The molecule has 1 unspecified atom stereocenters. The number of nitriles is 1. The predicted molar refractivity (Wildman–Crippen MR) is 168 cm³/mol. The molecule has 8 heteroatoms. The molecule has 0 aromatic heterocycles. The van der Waals surface area contributed by atoms with E-state index in [0.29, 0.717) is 13.2 Å². The first kappa shape index (κ1) is 29.7. The molecule has 0 radical (unpaired) electrons. The van der Waals surface area contributed by atoms with Crippen molar-refractivity contribution in [3.63, 3.8) is 0 Å². The number of nitrogens with zero attached hydrogens (tertiary/aromatic N) is 1. The molecule has 1 heterocycles. The Hall–Kier alpha value is -3.79. The number of carbonyl (C=O) groups is 1. The van der Waals surface area contributed by atoms with Crippen molar-refractivity contribution in [3.05, 3.63) is 121 Å². The number of ketones is 1. The van der Waals surface area contributed by atoms with Crippen LogP contribution >= 0.6 is 6.89 Å². The summed E-state index contributed by atoms with van der Waals surface area (Å²) in [5.74, 6) is -0.693. The van der Waals surface area contributed by atoms with E-state index in [1.54, 1.807) is 18.2 Å². The third kappa shape index (κ3) is 5.90. The van der Waals surface area contributed by atoms with Crippen molar-refractivity contribution in [3.8, 4) is 6.07 Å². The summed E-state index contributed by atoms with van der Waals surface area (Å²) < 4.78 is 39.8. The third-order valence-corrected chi connectivity index (χ3v) is 13.7. The van der Waals surface area contributed by atoms with E-state index in [1.165, 1.54) is 12.1 Å². The summed E-state index contributed by atoms with van der Waals surface area (Å²) >= 11 is 0. The molecule has 1 fully saturated rings. The molecule has 1 saturated heterocycles. The smallest absolute Gasteiger partial charge is 0.192 e. The molecule has 0 bridgehead atoms. The van der Waals surface area contributed by atoms with E-state index in [9.17, 15) is 18.5 Å². The fraction of sp³-hybridized carbons (Fsp3) is 0.206. The minimum atomic E-state index is -4.18. The van der Waals surface area contributed by atoms with Crippen LogP contribution in [0.25, 0.3) is 0 Å². The molecule has 0 amide bonds. The number of ether oxygens (including phenoxy) is 2. The van der Waals surface area contributed by atoms with Crippen molar-refractivity contribution in [2.45, 2.75) is 35.7 Å². The van der Waals surface area contributed by atoms with Gasteiger partial charge in [-0.15, -0.1) is 0 Å². The first-order valence-corrected chi connectivity index (χ1v) is 17.2. The van der Waals surface area contributed by atoms with Crippen LogP contribution in [0, 0.1) is 11.3 Å². The Morgan fingerprint density at radius 3 is 1.62 bits per heavy atom. The van der Waals surface area contributed by atoms with Crippen LogP contribution < -0.4 is 15.9 Å². The normalized spacial score (nSPS) is 14.9. The lowest BCUT2D eigenvalue weighted by Gasteiger charge is -2.31. The van der Waals surface area contributed by atoms with Crippen molar-refractivity contribution >= 4 is 43.7 Å². The fourth-order valence-corrected chi connectivity index (χ4v) is 11.4. The lowest BCUT2D eigenvalue weighted by molar-refractivity contribution is -0.181. The van der Waals surface area contributed by atoms with Crippen LogP contribution in [0.4, 0.5) is 0 Å². The van der Waals surface area contributed by atoms with E-state index in [-0.39, 0.29) is 23.0 Å². The largest absolute Gasteiger partial charge is 0.353 e. The molecular formula is C34H32NO5PS. The van der Waals surface area contributed by atoms with E-state index in [2.05, 4.69) is 6.07 Å². The van der Waals surface area contributed by atoms with Gasteiger partial charge in [0.05, 0.1) is 18.1 Å². The van der Waals surface area contributed by atoms with Gasteiger partial charge < -0.3 is 9.47 Å². The van der Waals surface area contributed by atoms with Gasteiger partial charge in [-0.1, -0.05) is 109 Å². The highest BCUT2D eigenvalue weighted by Gasteiger charge is 2.41. The lowest BCUT2D eigenvalue weighted by Crippen LogP contribution is -2.41. The molecule has 1 aliphatic heterocycles. The average Bonchev–Trinajstić information content (AvgIpc) is 3.05. The second kappa shape index (κ2) is 13.5. The zero-order valence-electron chi connectivity index (χ0n) is 23.1. The Kier molecular flexibility index (Phi) is 9.51. The zero-order valence-corrected chi connectivity index (χ0v) is 24.8. The molecule has 0 N–H and O–H groups in total. The van der Waals surface area contributed by atoms with Crippen LogP contribution in [0.15, 0.2) is 126 Å². The van der Waals surface area contributed by atoms with Gasteiger partial charge in [-0.2, -0.15) is 5.26 Å². The van der Waals surface area contributed by atoms with Gasteiger partial charge in [0.15, 0.2) is 21.9 Å². The van der Waals surface area contributed by atoms with Crippen LogP contribution in [0.3, 0.4) is 0 Å². The zero-order chi connectivity index (χ0) is 29.4. The van der Waals surface area contributed by atoms with Crippen LogP contribution in [-0.2, 0) is 24.1 Å². The summed E-state index contributed by atoms with van der Waals surface area (Å²) in [5.41, 5.74) is 0. The summed E-state index contributed by atoms with van der Waals surface area (Å²) in [4.78, 5) is 14.9. The van der Waals surface area contributed by atoms with Crippen molar-refractivity contribution < 1.29 is 22.7 Å². The van der Waals surface area contributed by atoms with E-state index in [4.69, 9.17) is 9.47 Å². The highest BCUT2D eigenvalue weighted by atomic mass is 32.2. The van der Waals surface area contributed by atoms with Crippen molar-refractivity contribution in [1.82, 2.24) is 0 Å². The molecular weight excluding hydrogens is 565 g/mol. The predicted octanol–water partition coefficient (Wildman–Crippen LogP) is 4.63. The number of hydrogen-bond donors (Lipinski definition) is 0. The Labute approximate surface area is 247 Å². The molecule has 0 aliphatic carbocycles. The number of sulfone groups is 1. The number of hydrogen-bond acceptors (Lipinski definition) is 6. The fourth-order valence-electron chi connectivity index (χ4n) is 5.43. The van der Waals surface area contributed by atoms with Gasteiger partial charge in [0.25, 0.3) is 0 Å². The third-order valence-electron chi connectivity index (χ3n) is 7.40. The highest BCUT2D eigenvalue weighted by molar-refractivity contribution is 7.97. The Bertz CT molecular complexity index is 1590. The summed E-state index contributed by atoms with van der Waals surface area (Å²) in [6.07, 6.45) is 0.299. The molecule has 4 aromatic carbocycles. The average molecular weight is 598 g/mol. The molecule has 0 spiro atoms. The van der Waals surface area contributed by atoms with E-state index in [0.717, 1.165) is 22.3 Å². The van der Waals surface area contributed by atoms with Crippen molar-refractivity contribution in [2.75, 3.05) is 13.2 Å². The Morgan fingerprint density at radius 1 is 0.762 bits per heavy atom. The number of carbonyl (C=O) groups excluding carboxylic acids is 1.